The van der Waals surface area contributed by atoms with Crippen molar-refractivity contribution in [3.05, 3.63) is 12.2 Å². The molecule has 4 atom stereocenters. The second-order valence-corrected chi connectivity index (χ2v) is 4.47. The van der Waals surface area contributed by atoms with Gasteiger partial charge in [0.15, 0.2) is 5.78 Å². The highest BCUT2D eigenvalue weighted by atomic mass is 16.2. The molecule has 1 amide bonds. The predicted molar refractivity (Wildman–Crippen MR) is 52.5 cm³/mol. The molecule has 0 spiro atoms. The summed E-state index contributed by atoms with van der Waals surface area (Å²) >= 11 is 0. The highest BCUT2D eigenvalue weighted by Crippen LogP contribution is 2.39. The number of hydrogen-bond acceptors (Lipinski definition) is 2. The van der Waals surface area contributed by atoms with Crippen LogP contribution in [0.5, 0.6) is 0 Å². The number of piperidine rings is 2. The summed E-state index contributed by atoms with van der Waals surface area (Å²) in [6, 6.07) is 0.0294. The number of carbonyl (C=O) groups is 2. The zero-order valence-corrected chi connectivity index (χ0v) is 8.54. The Morgan fingerprint density at radius 1 is 1.50 bits per heavy atom. The monoisotopic (exact) mass is 193 g/mol. The smallest absolute Gasteiger partial charge is 0.231 e. The lowest BCUT2D eigenvalue weighted by Crippen LogP contribution is -2.62. The van der Waals surface area contributed by atoms with Gasteiger partial charge in [0.05, 0.1) is 0 Å². The highest BCUT2D eigenvalue weighted by Gasteiger charge is 2.50. The van der Waals surface area contributed by atoms with Crippen LogP contribution in [0.3, 0.4) is 0 Å². The standard InChI is InChI=1S/C11H15NO2/c1-5(2)7-4-8-6(3)10(13)9(7)11(14)12-8/h6-9H,1,4H2,2-3H3,(H,12,14). The minimum atomic E-state index is -0.465. The largest absolute Gasteiger partial charge is 0.352 e. The summed E-state index contributed by atoms with van der Waals surface area (Å²) in [5, 5.41) is 2.88. The zero-order valence-electron chi connectivity index (χ0n) is 8.54. The Morgan fingerprint density at radius 2 is 2.14 bits per heavy atom. The van der Waals surface area contributed by atoms with Crippen LogP contribution in [0, 0.1) is 17.8 Å². The van der Waals surface area contributed by atoms with E-state index < -0.39 is 5.92 Å². The molecule has 3 rings (SSSR count). The Morgan fingerprint density at radius 3 is 2.64 bits per heavy atom. The SMILES string of the molecule is C=C(C)C1CC2NC(=O)C1C(=O)C2C. The van der Waals surface area contributed by atoms with Gasteiger partial charge in [-0.3, -0.25) is 9.59 Å². The molecular weight excluding hydrogens is 178 g/mol. The third-order valence-corrected chi connectivity index (χ3v) is 3.51. The van der Waals surface area contributed by atoms with Gasteiger partial charge >= 0.3 is 0 Å². The van der Waals surface area contributed by atoms with Gasteiger partial charge in [-0.15, -0.1) is 0 Å². The van der Waals surface area contributed by atoms with Crippen LogP contribution in [-0.4, -0.2) is 17.7 Å². The van der Waals surface area contributed by atoms with Crippen LogP contribution >= 0.6 is 0 Å². The Labute approximate surface area is 83.6 Å². The van der Waals surface area contributed by atoms with Crippen LogP contribution in [0.4, 0.5) is 0 Å². The molecule has 14 heavy (non-hydrogen) atoms. The van der Waals surface area contributed by atoms with Gasteiger partial charge < -0.3 is 5.32 Å². The molecule has 0 aromatic rings. The molecule has 3 heteroatoms. The summed E-state index contributed by atoms with van der Waals surface area (Å²) in [7, 11) is 0. The first-order chi connectivity index (χ1) is 6.52. The van der Waals surface area contributed by atoms with E-state index in [0.717, 1.165) is 12.0 Å². The minimum Gasteiger partial charge on any atom is -0.352 e. The second kappa shape index (κ2) is 2.94. The van der Waals surface area contributed by atoms with Gasteiger partial charge in [0.2, 0.25) is 5.91 Å². The normalized spacial score (nSPS) is 41.0. The topological polar surface area (TPSA) is 46.2 Å². The molecule has 1 N–H and O–H groups in total. The van der Waals surface area contributed by atoms with Crippen molar-refractivity contribution in [2.24, 2.45) is 17.8 Å². The van der Waals surface area contributed by atoms with E-state index in [1.165, 1.54) is 0 Å². The minimum absolute atomic E-state index is 0.0201. The van der Waals surface area contributed by atoms with E-state index in [0.29, 0.717) is 0 Å². The number of allylic oxidation sites excluding steroid dienone is 1. The van der Waals surface area contributed by atoms with Crippen molar-refractivity contribution < 1.29 is 9.59 Å². The number of carbonyl (C=O) groups excluding carboxylic acids is 2. The van der Waals surface area contributed by atoms with Crippen LogP contribution in [0.1, 0.15) is 20.3 Å². The van der Waals surface area contributed by atoms with Crippen molar-refractivity contribution in [3.8, 4) is 0 Å². The van der Waals surface area contributed by atoms with E-state index in [4.69, 9.17) is 0 Å². The lowest BCUT2D eigenvalue weighted by molar-refractivity contribution is -0.148. The molecule has 76 valence electrons. The molecule has 0 aromatic heterocycles. The number of Topliss-reactive ketones (excluding diaryl/α,β-unsaturated/α-hetero) is 1. The van der Waals surface area contributed by atoms with Crippen LogP contribution in [0.15, 0.2) is 12.2 Å². The summed E-state index contributed by atoms with van der Waals surface area (Å²) in [4.78, 5) is 23.4. The average molecular weight is 193 g/mol. The van der Waals surface area contributed by atoms with Crippen molar-refractivity contribution in [2.45, 2.75) is 26.3 Å². The van der Waals surface area contributed by atoms with Crippen LogP contribution in [0.2, 0.25) is 0 Å². The van der Waals surface area contributed by atoms with Crippen molar-refractivity contribution in [2.75, 3.05) is 0 Å². The van der Waals surface area contributed by atoms with Gasteiger partial charge in [-0.05, 0) is 19.3 Å². The molecule has 3 fully saturated rings. The Balaban J connectivity index is 2.34. The maximum atomic E-state index is 11.8. The van der Waals surface area contributed by atoms with Crippen molar-refractivity contribution in [1.29, 1.82) is 0 Å². The fourth-order valence-corrected chi connectivity index (χ4v) is 2.55. The van der Waals surface area contributed by atoms with E-state index in [2.05, 4.69) is 11.9 Å². The maximum absolute atomic E-state index is 11.8. The predicted octanol–water partition coefficient (Wildman–Crippen LogP) is 0.902. The Hall–Kier alpha value is -1.12. The van der Waals surface area contributed by atoms with Crippen molar-refractivity contribution >= 4 is 11.7 Å². The van der Waals surface area contributed by atoms with Crippen molar-refractivity contribution in [1.82, 2.24) is 5.32 Å². The first-order valence-electron chi connectivity index (χ1n) is 5.02. The third-order valence-electron chi connectivity index (χ3n) is 3.51. The quantitative estimate of drug-likeness (QED) is 0.497. The summed E-state index contributed by atoms with van der Waals surface area (Å²) in [6.07, 6.45) is 0.874. The van der Waals surface area contributed by atoms with Crippen LogP contribution in [0.25, 0.3) is 0 Å². The maximum Gasteiger partial charge on any atom is 0.231 e. The molecule has 0 aromatic carbocycles. The van der Waals surface area contributed by atoms with E-state index in [9.17, 15) is 9.59 Å². The average Bonchev–Trinajstić information content (AvgIpc) is 2.12. The van der Waals surface area contributed by atoms with Crippen molar-refractivity contribution in [3.63, 3.8) is 0 Å². The number of fused-ring (bicyclic) bond motifs is 3. The first-order valence-corrected chi connectivity index (χ1v) is 5.02. The van der Waals surface area contributed by atoms with E-state index in [1.54, 1.807) is 0 Å². The number of nitrogens with one attached hydrogen (secondary N) is 1. The number of amides is 1. The summed E-state index contributed by atoms with van der Waals surface area (Å²) < 4.78 is 0. The third kappa shape index (κ3) is 1.11. The number of ketones is 1. The molecule has 1 saturated carbocycles. The molecule has 3 aliphatic rings. The molecular formula is C11H15NO2. The Bertz CT molecular complexity index is 321. The molecule has 2 saturated heterocycles. The lowest BCUT2D eigenvalue weighted by Gasteiger charge is -2.44. The fourth-order valence-electron chi connectivity index (χ4n) is 2.55. The van der Waals surface area contributed by atoms with Gasteiger partial charge in [-0.1, -0.05) is 19.1 Å². The van der Waals surface area contributed by atoms with Gasteiger partial charge in [0, 0.05) is 12.0 Å². The van der Waals surface area contributed by atoms with Gasteiger partial charge in [-0.25, -0.2) is 0 Å². The number of rotatable bonds is 1. The lowest BCUT2D eigenvalue weighted by atomic mass is 9.65. The molecule has 2 bridgehead atoms. The second-order valence-electron chi connectivity index (χ2n) is 4.47. The molecule has 3 nitrogen and oxygen atoms in total. The van der Waals surface area contributed by atoms with E-state index in [-0.39, 0.29) is 29.6 Å². The zero-order chi connectivity index (χ0) is 10.5. The number of hydrogen-bond donors (Lipinski definition) is 1. The van der Waals surface area contributed by atoms with E-state index in [1.807, 2.05) is 13.8 Å². The van der Waals surface area contributed by atoms with Crippen LogP contribution in [-0.2, 0) is 9.59 Å². The molecule has 2 aliphatic heterocycles. The van der Waals surface area contributed by atoms with Crippen LogP contribution < -0.4 is 5.32 Å². The summed E-state index contributed by atoms with van der Waals surface area (Å²) in [5.41, 5.74) is 0.954. The first kappa shape index (κ1) is 9.44. The summed E-state index contributed by atoms with van der Waals surface area (Å²) in [6.45, 7) is 7.66. The van der Waals surface area contributed by atoms with Gasteiger partial charge in [0.25, 0.3) is 0 Å². The highest BCUT2D eigenvalue weighted by molar-refractivity contribution is 6.06. The molecule has 1 aliphatic carbocycles. The Kier molecular flexibility index (Phi) is 1.98. The molecule has 4 unspecified atom stereocenters. The van der Waals surface area contributed by atoms with E-state index >= 15 is 0 Å². The van der Waals surface area contributed by atoms with Gasteiger partial charge in [0.1, 0.15) is 5.92 Å². The fraction of sp³-hybridized carbons (Fsp3) is 0.636. The molecule has 0 radical (unpaired) electrons. The summed E-state index contributed by atoms with van der Waals surface area (Å²) in [5.74, 6) is -0.423. The van der Waals surface area contributed by atoms with Gasteiger partial charge in [-0.2, -0.15) is 0 Å². The molecule has 2 heterocycles.